The molecule has 0 saturated carbocycles. The van der Waals surface area contributed by atoms with Crippen LogP contribution in [0.4, 0.5) is 5.69 Å². The number of methoxy groups -OCH3 is 2. The summed E-state index contributed by atoms with van der Waals surface area (Å²) in [6, 6.07) is 6.71. The maximum atomic E-state index is 11.8. The molecule has 1 rings (SSSR count). The zero-order chi connectivity index (χ0) is 16.2. The lowest BCUT2D eigenvalue weighted by Gasteiger charge is -2.08. The number of nitrogens with one attached hydrogen (secondary N) is 3. The summed E-state index contributed by atoms with van der Waals surface area (Å²) < 4.78 is 9.74. The molecule has 1 aromatic rings. The Balaban J connectivity index is 2.37. The molecule has 0 aromatic heterocycles. The molecule has 3 N–H and O–H groups in total. The molecule has 0 unspecified atom stereocenters. The average Bonchev–Trinajstić information content (AvgIpc) is 2.52. The van der Waals surface area contributed by atoms with E-state index in [1.807, 2.05) is 0 Å². The quantitative estimate of drug-likeness (QED) is 0.539. The molecule has 122 valence electrons. The van der Waals surface area contributed by atoms with Gasteiger partial charge in [-0.2, -0.15) is 0 Å². The van der Waals surface area contributed by atoms with Crippen LogP contribution in [0.25, 0.3) is 0 Å². The summed E-state index contributed by atoms with van der Waals surface area (Å²) in [5, 5.41) is 8.42. The third-order valence-electron chi connectivity index (χ3n) is 2.79. The Morgan fingerprint density at radius 1 is 1.00 bits per heavy atom. The van der Waals surface area contributed by atoms with E-state index < -0.39 is 0 Å². The molecule has 1 aromatic carbocycles. The van der Waals surface area contributed by atoms with Gasteiger partial charge in [-0.15, -0.1) is 0 Å². The number of ether oxygens (including phenoxy) is 2. The van der Waals surface area contributed by atoms with Gasteiger partial charge in [0.25, 0.3) is 5.91 Å². The van der Waals surface area contributed by atoms with Crippen LogP contribution in [0.3, 0.4) is 0 Å². The highest BCUT2D eigenvalue weighted by atomic mass is 16.5. The molecule has 0 heterocycles. The van der Waals surface area contributed by atoms with Crippen molar-refractivity contribution in [1.29, 1.82) is 0 Å². The molecule has 2 amide bonds. The molecule has 0 atom stereocenters. The predicted octanol–water partition coefficient (Wildman–Crippen LogP) is 0.237. The van der Waals surface area contributed by atoms with Gasteiger partial charge in [0.05, 0.1) is 19.8 Å². The van der Waals surface area contributed by atoms with Gasteiger partial charge in [-0.05, 0) is 24.3 Å². The van der Waals surface area contributed by atoms with Crippen LogP contribution in [0.5, 0.6) is 0 Å². The molecule has 7 heteroatoms. The van der Waals surface area contributed by atoms with E-state index in [4.69, 9.17) is 9.47 Å². The Kier molecular flexibility index (Phi) is 8.82. The number of benzene rings is 1. The van der Waals surface area contributed by atoms with Crippen molar-refractivity contribution >= 4 is 17.5 Å². The summed E-state index contributed by atoms with van der Waals surface area (Å²) in [4.78, 5) is 23.4. The maximum Gasteiger partial charge on any atom is 0.251 e. The van der Waals surface area contributed by atoms with Gasteiger partial charge < -0.3 is 25.4 Å². The van der Waals surface area contributed by atoms with Crippen molar-refractivity contribution in [2.45, 2.75) is 0 Å². The molecule has 0 fully saturated rings. The summed E-state index contributed by atoms with van der Waals surface area (Å²) in [6.45, 7) is 2.31. The van der Waals surface area contributed by atoms with Crippen LogP contribution in [-0.4, -0.2) is 58.9 Å². The lowest BCUT2D eigenvalue weighted by Crippen LogP contribution is -2.30. The fraction of sp³-hybridized carbons (Fsp3) is 0.467. The van der Waals surface area contributed by atoms with Gasteiger partial charge in [0, 0.05) is 38.6 Å². The first kappa shape index (κ1) is 18.1. The largest absolute Gasteiger partial charge is 0.383 e. The van der Waals surface area contributed by atoms with Crippen molar-refractivity contribution in [3.8, 4) is 0 Å². The van der Waals surface area contributed by atoms with Crippen molar-refractivity contribution in [2.75, 3.05) is 52.4 Å². The van der Waals surface area contributed by atoms with Crippen LogP contribution in [0.15, 0.2) is 24.3 Å². The van der Waals surface area contributed by atoms with E-state index in [1.54, 1.807) is 38.5 Å². The van der Waals surface area contributed by atoms with Gasteiger partial charge in [0.1, 0.15) is 0 Å². The van der Waals surface area contributed by atoms with E-state index in [2.05, 4.69) is 16.0 Å². The van der Waals surface area contributed by atoms with Crippen molar-refractivity contribution in [3.05, 3.63) is 29.8 Å². The standard InChI is InChI=1S/C15H23N3O4/c1-21-9-7-16-11-14(19)18-13-5-3-12(4-6-13)15(20)17-8-10-22-2/h3-6,16H,7-11H2,1-2H3,(H,17,20)(H,18,19). The molecule has 0 radical (unpaired) electrons. The average molecular weight is 309 g/mol. The molecule has 0 spiro atoms. The third-order valence-corrected chi connectivity index (χ3v) is 2.79. The third kappa shape index (κ3) is 7.16. The summed E-state index contributed by atoms with van der Waals surface area (Å²) in [6.07, 6.45) is 0. The highest BCUT2D eigenvalue weighted by molar-refractivity contribution is 5.96. The van der Waals surface area contributed by atoms with Crippen LogP contribution in [0.2, 0.25) is 0 Å². The second-order valence-electron chi connectivity index (χ2n) is 4.54. The number of hydrogen-bond donors (Lipinski definition) is 3. The minimum Gasteiger partial charge on any atom is -0.383 e. The van der Waals surface area contributed by atoms with Crippen molar-refractivity contribution in [3.63, 3.8) is 0 Å². The fourth-order valence-electron chi connectivity index (χ4n) is 1.65. The summed E-state index contributed by atoms with van der Waals surface area (Å²) in [7, 11) is 3.18. The minimum atomic E-state index is -0.170. The number of carbonyl (C=O) groups excluding carboxylic acids is 2. The second kappa shape index (κ2) is 10.7. The zero-order valence-corrected chi connectivity index (χ0v) is 13.0. The zero-order valence-electron chi connectivity index (χ0n) is 13.0. The molecular formula is C15H23N3O4. The highest BCUT2D eigenvalue weighted by Crippen LogP contribution is 2.09. The second-order valence-corrected chi connectivity index (χ2v) is 4.54. The van der Waals surface area contributed by atoms with Crippen LogP contribution in [-0.2, 0) is 14.3 Å². The summed E-state index contributed by atoms with van der Waals surface area (Å²) >= 11 is 0. The predicted molar refractivity (Wildman–Crippen MR) is 84.0 cm³/mol. The lowest BCUT2D eigenvalue weighted by molar-refractivity contribution is -0.115. The van der Waals surface area contributed by atoms with E-state index in [1.165, 1.54) is 0 Å². The minimum absolute atomic E-state index is 0.145. The Morgan fingerprint density at radius 2 is 1.64 bits per heavy atom. The molecular weight excluding hydrogens is 286 g/mol. The molecule has 7 nitrogen and oxygen atoms in total. The van der Waals surface area contributed by atoms with Gasteiger partial charge in [-0.1, -0.05) is 0 Å². The first-order chi connectivity index (χ1) is 10.7. The van der Waals surface area contributed by atoms with Crippen molar-refractivity contribution < 1.29 is 19.1 Å². The maximum absolute atomic E-state index is 11.8. The highest BCUT2D eigenvalue weighted by Gasteiger charge is 2.06. The Hall–Kier alpha value is -1.96. The first-order valence-corrected chi connectivity index (χ1v) is 7.04. The Morgan fingerprint density at radius 3 is 2.27 bits per heavy atom. The monoisotopic (exact) mass is 309 g/mol. The van der Waals surface area contributed by atoms with Gasteiger partial charge in [-0.25, -0.2) is 0 Å². The topological polar surface area (TPSA) is 88.7 Å². The summed E-state index contributed by atoms with van der Waals surface area (Å²) in [5.41, 5.74) is 1.18. The molecule has 0 aliphatic carbocycles. The number of carbonyl (C=O) groups is 2. The van der Waals surface area contributed by atoms with Gasteiger partial charge >= 0.3 is 0 Å². The Bertz CT molecular complexity index is 462. The number of rotatable bonds is 10. The molecule has 0 aliphatic heterocycles. The van der Waals surface area contributed by atoms with Crippen LogP contribution >= 0.6 is 0 Å². The first-order valence-electron chi connectivity index (χ1n) is 7.04. The smallest absolute Gasteiger partial charge is 0.251 e. The number of hydrogen-bond acceptors (Lipinski definition) is 5. The SMILES string of the molecule is COCCNCC(=O)Nc1ccc(C(=O)NCCOC)cc1. The number of anilines is 1. The molecule has 0 bridgehead atoms. The van der Waals surface area contributed by atoms with E-state index in [9.17, 15) is 9.59 Å². The van der Waals surface area contributed by atoms with Gasteiger partial charge in [0.15, 0.2) is 0 Å². The van der Waals surface area contributed by atoms with Crippen molar-refractivity contribution in [1.82, 2.24) is 10.6 Å². The van der Waals surface area contributed by atoms with E-state index in [0.29, 0.717) is 37.6 Å². The van der Waals surface area contributed by atoms with Crippen LogP contribution < -0.4 is 16.0 Å². The van der Waals surface area contributed by atoms with Crippen LogP contribution in [0.1, 0.15) is 10.4 Å². The number of amides is 2. The fourth-order valence-corrected chi connectivity index (χ4v) is 1.65. The van der Waals surface area contributed by atoms with Gasteiger partial charge in [-0.3, -0.25) is 9.59 Å². The lowest BCUT2D eigenvalue weighted by atomic mass is 10.2. The van der Waals surface area contributed by atoms with Gasteiger partial charge in [0.2, 0.25) is 5.91 Å². The van der Waals surface area contributed by atoms with E-state index in [-0.39, 0.29) is 18.4 Å². The van der Waals surface area contributed by atoms with Crippen LogP contribution in [0, 0.1) is 0 Å². The molecule has 22 heavy (non-hydrogen) atoms. The van der Waals surface area contributed by atoms with E-state index >= 15 is 0 Å². The molecule has 0 aliphatic rings. The Labute approximate surface area is 130 Å². The molecule has 0 saturated heterocycles. The van der Waals surface area contributed by atoms with E-state index in [0.717, 1.165) is 0 Å². The normalized spacial score (nSPS) is 10.3. The summed E-state index contributed by atoms with van der Waals surface area (Å²) in [5.74, 6) is -0.315. The van der Waals surface area contributed by atoms with Crippen molar-refractivity contribution in [2.24, 2.45) is 0 Å².